The van der Waals surface area contributed by atoms with Crippen LogP contribution in [0.3, 0.4) is 0 Å². The second-order valence-electron chi connectivity index (χ2n) is 4.12. The second-order valence-corrected chi connectivity index (χ2v) is 4.93. The lowest BCUT2D eigenvalue weighted by atomic mass is 10.2. The van der Waals surface area contributed by atoms with E-state index in [0.29, 0.717) is 15.9 Å². The normalized spacial score (nSPS) is 10.1. The maximum absolute atomic E-state index is 12.0. The molecule has 0 fully saturated rings. The summed E-state index contributed by atoms with van der Waals surface area (Å²) < 4.78 is 0.626. The summed E-state index contributed by atoms with van der Waals surface area (Å²) >= 11 is 3.23. The van der Waals surface area contributed by atoms with Crippen LogP contribution in [0.15, 0.2) is 41.3 Å². The number of aromatic nitrogens is 2. The van der Waals surface area contributed by atoms with Gasteiger partial charge in [-0.25, -0.2) is 9.97 Å². The number of nitrogens with zero attached hydrogens (tertiary/aromatic N) is 3. The number of amides is 1. The van der Waals surface area contributed by atoms with Crippen molar-refractivity contribution in [2.75, 3.05) is 24.3 Å². The van der Waals surface area contributed by atoms with Crippen LogP contribution in [-0.4, -0.2) is 30.0 Å². The van der Waals surface area contributed by atoms with Gasteiger partial charge in [0.15, 0.2) is 0 Å². The van der Waals surface area contributed by atoms with Crippen molar-refractivity contribution < 1.29 is 4.79 Å². The van der Waals surface area contributed by atoms with Gasteiger partial charge in [-0.15, -0.1) is 0 Å². The fourth-order valence-corrected chi connectivity index (χ4v) is 1.84. The monoisotopic (exact) mass is 320 g/mol. The molecule has 0 unspecified atom stereocenters. The Morgan fingerprint density at radius 2 is 2.05 bits per heavy atom. The van der Waals surface area contributed by atoms with Crippen molar-refractivity contribution in [3.63, 3.8) is 0 Å². The molecule has 0 saturated heterocycles. The lowest BCUT2D eigenvalue weighted by Crippen LogP contribution is -2.13. The number of nitrogens with one attached hydrogen (secondary N) is 1. The first-order valence-corrected chi connectivity index (χ1v) is 6.42. The van der Waals surface area contributed by atoms with Gasteiger partial charge in [-0.2, -0.15) is 0 Å². The third-order valence-electron chi connectivity index (χ3n) is 2.45. The minimum atomic E-state index is -0.192. The SMILES string of the molecule is CN(C)c1ccc(NC(=O)c2ccnc(Br)c2)cn1. The molecule has 2 aromatic rings. The number of hydrogen-bond acceptors (Lipinski definition) is 4. The third kappa shape index (κ3) is 3.51. The van der Waals surface area contributed by atoms with Crippen molar-refractivity contribution in [2.45, 2.75) is 0 Å². The van der Waals surface area contributed by atoms with Crippen LogP contribution >= 0.6 is 15.9 Å². The molecule has 19 heavy (non-hydrogen) atoms. The maximum atomic E-state index is 12.0. The highest BCUT2D eigenvalue weighted by atomic mass is 79.9. The molecule has 0 atom stereocenters. The fraction of sp³-hybridized carbons (Fsp3) is 0.154. The van der Waals surface area contributed by atoms with Crippen molar-refractivity contribution in [1.82, 2.24) is 9.97 Å². The van der Waals surface area contributed by atoms with Crippen molar-refractivity contribution in [2.24, 2.45) is 0 Å². The summed E-state index contributed by atoms with van der Waals surface area (Å²) in [6.07, 6.45) is 3.20. The molecule has 2 aromatic heterocycles. The van der Waals surface area contributed by atoms with Crippen molar-refractivity contribution in [3.05, 3.63) is 46.8 Å². The Labute approximate surface area is 119 Å². The maximum Gasteiger partial charge on any atom is 0.255 e. The Morgan fingerprint density at radius 3 is 2.63 bits per heavy atom. The molecule has 0 aliphatic rings. The van der Waals surface area contributed by atoms with Gasteiger partial charge in [0.25, 0.3) is 5.91 Å². The molecule has 0 aromatic carbocycles. The van der Waals surface area contributed by atoms with E-state index in [0.717, 1.165) is 5.82 Å². The molecule has 0 spiro atoms. The lowest BCUT2D eigenvalue weighted by Gasteiger charge is -2.11. The molecule has 2 heterocycles. The van der Waals surface area contributed by atoms with E-state index in [9.17, 15) is 4.79 Å². The topological polar surface area (TPSA) is 58.1 Å². The molecule has 0 saturated carbocycles. The highest BCUT2D eigenvalue weighted by Crippen LogP contribution is 2.14. The highest BCUT2D eigenvalue weighted by molar-refractivity contribution is 9.10. The van der Waals surface area contributed by atoms with E-state index < -0.39 is 0 Å². The van der Waals surface area contributed by atoms with Crippen LogP contribution in [0.5, 0.6) is 0 Å². The molecule has 0 aliphatic heterocycles. The van der Waals surface area contributed by atoms with E-state index in [2.05, 4.69) is 31.2 Å². The van der Waals surface area contributed by atoms with Gasteiger partial charge in [-0.3, -0.25) is 4.79 Å². The van der Waals surface area contributed by atoms with Crippen LogP contribution < -0.4 is 10.2 Å². The standard InChI is InChI=1S/C13H13BrN4O/c1-18(2)12-4-3-10(8-16-12)17-13(19)9-5-6-15-11(14)7-9/h3-8H,1-2H3,(H,17,19). The molecule has 5 nitrogen and oxygen atoms in total. The van der Waals surface area contributed by atoms with Crippen LogP contribution in [0.25, 0.3) is 0 Å². The van der Waals surface area contributed by atoms with E-state index in [1.165, 1.54) is 0 Å². The van der Waals surface area contributed by atoms with Gasteiger partial charge in [-0.05, 0) is 40.2 Å². The van der Waals surface area contributed by atoms with Crippen molar-refractivity contribution in [1.29, 1.82) is 0 Å². The molecule has 0 bridgehead atoms. The quantitative estimate of drug-likeness (QED) is 0.883. The van der Waals surface area contributed by atoms with Gasteiger partial charge >= 0.3 is 0 Å². The van der Waals surface area contributed by atoms with Crippen molar-refractivity contribution in [3.8, 4) is 0 Å². The van der Waals surface area contributed by atoms with Gasteiger partial charge in [0.1, 0.15) is 10.4 Å². The zero-order valence-electron chi connectivity index (χ0n) is 10.6. The zero-order valence-corrected chi connectivity index (χ0v) is 12.2. The molecular formula is C13H13BrN4O. The molecule has 1 amide bonds. The zero-order chi connectivity index (χ0) is 13.8. The Kier molecular flexibility index (Phi) is 4.11. The smallest absolute Gasteiger partial charge is 0.255 e. The molecule has 0 aliphatic carbocycles. The van der Waals surface area contributed by atoms with E-state index in [1.807, 2.05) is 31.1 Å². The predicted molar refractivity (Wildman–Crippen MR) is 78.5 cm³/mol. The summed E-state index contributed by atoms with van der Waals surface area (Å²) in [7, 11) is 3.82. The Morgan fingerprint density at radius 1 is 1.26 bits per heavy atom. The van der Waals surface area contributed by atoms with E-state index in [-0.39, 0.29) is 5.91 Å². The van der Waals surface area contributed by atoms with Gasteiger partial charge in [0.2, 0.25) is 0 Å². The molecular weight excluding hydrogens is 308 g/mol. The van der Waals surface area contributed by atoms with E-state index in [4.69, 9.17) is 0 Å². The number of anilines is 2. The molecule has 6 heteroatoms. The first-order valence-electron chi connectivity index (χ1n) is 5.62. The third-order valence-corrected chi connectivity index (χ3v) is 2.89. The summed E-state index contributed by atoms with van der Waals surface area (Å²) in [6.45, 7) is 0. The van der Waals surface area contributed by atoms with Gasteiger partial charge in [0.05, 0.1) is 11.9 Å². The molecule has 98 valence electrons. The molecule has 1 N–H and O–H groups in total. The number of rotatable bonds is 3. The summed E-state index contributed by atoms with van der Waals surface area (Å²) in [5, 5.41) is 2.78. The number of pyridine rings is 2. The lowest BCUT2D eigenvalue weighted by molar-refractivity contribution is 0.102. The Balaban J connectivity index is 2.10. The number of carbonyl (C=O) groups excluding carboxylic acids is 1. The van der Waals surface area contributed by atoms with Crippen LogP contribution in [-0.2, 0) is 0 Å². The van der Waals surface area contributed by atoms with Gasteiger partial charge in [-0.1, -0.05) is 0 Å². The van der Waals surface area contributed by atoms with E-state index in [1.54, 1.807) is 24.5 Å². The summed E-state index contributed by atoms with van der Waals surface area (Å²) in [5.41, 5.74) is 1.20. The van der Waals surface area contributed by atoms with Crippen LogP contribution in [0.2, 0.25) is 0 Å². The fourth-order valence-electron chi connectivity index (χ4n) is 1.47. The number of carbonyl (C=O) groups is 1. The van der Waals surface area contributed by atoms with Crippen molar-refractivity contribution >= 4 is 33.3 Å². The first-order chi connectivity index (χ1) is 9.06. The largest absolute Gasteiger partial charge is 0.363 e. The van der Waals surface area contributed by atoms with Crippen LogP contribution in [0.1, 0.15) is 10.4 Å². The van der Waals surface area contributed by atoms with Crippen LogP contribution in [0, 0.1) is 0 Å². The molecule has 2 rings (SSSR count). The summed E-state index contributed by atoms with van der Waals surface area (Å²) in [5.74, 6) is 0.646. The highest BCUT2D eigenvalue weighted by Gasteiger charge is 2.07. The van der Waals surface area contributed by atoms with Gasteiger partial charge < -0.3 is 10.2 Å². The summed E-state index contributed by atoms with van der Waals surface area (Å²) in [6, 6.07) is 6.98. The number of hydrogen-bond donors (Lipinski definition) is 1. The second kappa shape index (κ2) is 5.79. The Bertz CT molecular complexity index is 583. The predicted octanol–water partition coefficient (Wildman–Crippen LogP) is 2.56. The average Bonchev–Trinajstić information content (AvgIpc) is 2.39. The number of halogens is 1. The minimum absolute atomic E-state index is 0.192. The average molecular weight is 321 g/mol. The van der Waals surface area contributed by atoms with E-state index >= 15 is 0 Å². The molecule has 0 radical (unpaired) electrons. The minimum Gasteiger partial charge on any atom is -0.363 e. The Hall–Kier alpha value is -1.95. The van der Waals surface area contributed by atoms with Crippen LogP contribution in [0.4, 0.5) is 11.5 Å². The summed E-state index contributed by atoms with van der Waals surface area (Å²) in [4.78, 5) is 22.1. The first kappa shape index (κ1) is 13.5. The van der Waals surface area contributed by atoms with Gasteiger partial charge in [0, 0.05) is 25.9 Å².